The topological polar surface area (TPSA) is 156 Å². The average Bonchev–Trinajstić information content (AvgIpc) is 3.44. The SMILES string of the molecule is CC(C)(C)CN(Cc1ccc(S(=O)(=O)O)cc1)c1ccc(-c2ccc3nc(-c4cccc(C(C)(C)C)c4)n(Cc4ccc(S(=O)(=O)O)cc4)c3c2)cc1N. The van der Waals surface area contributed by atoms with E-state index < -0.39 is 20.2 Å². The Bertz CT molecular complexity index is 2550. The van der Waals surface area contributed by atoms with Gasteiger partial charge in [-0.2, -0.15) is 16.8 Å². The van der Waals surface area contributed by atoms with Crippen LogP contribution in [0.5, 0.6) is 0 Å². The molecule has 6 rings (SSSR count). The lowest BCUT2D eigenvalue weighted by molar-refractivity contribution is 0.409. The maximum Gasteiger partial charge on any atom is 0.294 e. The first-order valence-electron chi connectivity index (χ1n) is 17.5. The van der Waals surface area contributed by atoms with Crippen molar-refractivity contribution >= 4 is 42.6 Å². The summed E-state index contributed by atoms with van der Waals surface area (Å²) in [6.45, 7) is 14.5. The number of anilines is 2. The van der Waals surface area contributed by atoms with Crippen LogP contribution >= 0.6 is 0 Å². The number of nitrogens with zero attached hydrogens (tertiary/aromatic N) is 3. The van der Waals surface area contributed by atoms with E-state index >= 15 is 0 Å². The number of hydrogen-bond donors (Lipinski definition) is 3. The van der Waals surface area contributed by atoms with Gasteiger partial charge in [0.15, 0.2) is 0 Å². The molecule has 5 aromatic carbocycles. The Morgan fingerprint density at radius 2 is 1.26 bits per heavy atom. The molecule has 0 amide bonds. The Balaban J connectivity index is 1.40. The number of imidazole rings is 1. The van der Waals surface area contributed by atoms with Gasteiger partial charge in [0.1, 0.15) is 5.82 Å². The Morgan fingerprint density at radius 3 is 1.81 bits per heavy atom. The van der Waals surface area contributed by atoms with Crippen molar-refractivity contribution in [2.75, 3.05) is 17.2 Å². The molecular weight excluding hydrogens is 721 g/mol. The van der Waals surface area contributed by atoms with E-state index in [9.17, 15) is 25.9 Å². The molecule has 10 nitrogen and oxygen atoms in total. The van der Waals surface area contributed by atoms with Crippen LogP contribution in [0.3, 0.4) is 0 Å². The third-order valence-electron chi connectivity index (χ3n) is 9.26. The minimum absolute atomic E-state index is 0.0755. The van der Waals surface area contributed by atoms with Gasteiger partial charge in [-0.15, -0.1) is 0 Å². The monoisotopic (exact) mass is 766 g/mol. The molecule has 1 aromatic heterocycles. The summed E-state index contributed by atoms with van der Waals surface area (Å²) in [5.74, 6) is 0.768. The fourth-order valence-electron chi connectivity index (χ4n) is 6.57. The Labute approximate surface area is 317 Å². The summed E-state index contributed by atoms with van der Waals surface area (Å²) < 4.78 is 67.7. The van der Waals surface area contributed by atoms with Crippen molar-refractivity contribution in [3.05, 3.63) is 126 Å². The van der Waals surface area contributed by atoms with Gasteiger partial charge in [0.05, 0.1) is 32.2 Å². The minimum atomic E-state index is -4.33. The van der Waals surface area contributed by atoms with Gasteiger partial charge in [0.2, 0.25) is 0 Å². The van der Waals surface area contributed by atoms with Crippen LogP contribution < -0.4 is 10.6 Å². The molecule has 1 heterocycles. The summed E-state index contributed by atoms with van der Waals surface area (Å²) in [6, 6.07) is 32.8. The molecular formula is C42H46N4O6S2. The van der Waals surface area contributed by atoms with E-state index in [2.05, 4.69) is 69.2 Å². The number of benzene rings is 5. The average molecular weight is 767 g/mol. The van der Waals surface area contributed by atoms with Crippen molar-refractivity contribution in [1.82, 2.24) is 9.55 Å². The van der Waals surface area contributed by atoms with E-state index in [0.29, 0.717) is 25.3 Å². The van der Waals surface area contributed by atoms with Crippen LogP contribution in [0.2, 0.25) is 0 Å². The lowest BCUT2D eigenvalue weighted by Crippen LogP contribution is -2.32. The van der Waals surface area contributed by atoms with E-state index in [1.54, 1.807) is 24.3 Å². The highest BCUT2D eigenvalue weighted by molar-refractivity contribution is 7.86. The van der Waals surface area contributed by atoms with Crippen LogP contribution in [0.1, 0.15) is 58.2 Å². The summed E-state index contributed by atoms with van der Waals surface area (Å²) in [5, 5.41) is 0. The third kappa shape index (κ3) is 8.85. The third-order valence-corrected chi connectivity index (χ3v) is 11.0. The van der Waals surface area contributed by atoms with Crippen LogP contribution in [0.25, 0.3) is 33.5 Å². The van der Waals surface area contributed by atoms with E-state index in [-0.39, 0.29) is 20.6 Å². The maximum absolute atomic E-state index is 11.7. The molecule has 0 fully saturated rings. The highest BCUT2D eigenvalue weighted by Crippen LogP contribution is 2.36. The summed E-state index contributed by atoms with van der Waals surface area (Å²) in [6.07, 6.45) is 0. The van der Waals surface area contributed by atoms with Crippen molar-refractivity contribution in [1.29, 1.82) is 0 Å². The summed E-state index contributed by atoms with van der Waals surface area (Å²) >= 11 is 0. The first kappa shape index (κ1) is 38.7. The standard InChI is InChI=1S/C42H46N4O6S2/c1-41(2,3)27-45(25-28-10-16-34(17-11-28)53(47,48)49)38-21-15-30(23-36(38)43)31-14-20-37-39(24-31)46(26-29-12-18-35(19-13-29)54(50,51)52)40(44-37)32-8-7-9-33(22-32)42(4,5)6/h7-24H,25-27,43H2,1-6H3,(H,47,48,49)(H,50,51,52). The van der Waals surface area contributed by atoms with E-state index in [0.717, 1.165) is 50.4 Å². The van der Waals surface area contributed by atoms with Crippen molar-refractivity contribution < 1.29 is 25.9 Å². The zero-order chi connectivity index (χ0) is 39.2. The molecule has 12 heteroatoms. The second-order valence-corrected chi connectivity index (χ2v) is 18.8. The highest BCUT2D eigenvalue weighted by atomic mass is 32.2. The van der Waals surface area contributed by atoms with E-state index in [4.69, 9.17) is 10.7 Å². The predicted octanol–water partition coefficient (Wildman–Crippen LogP) is 8.84. The van der Waals surface area contributed by atoms with Crippen LogP contribution in [0, 0.1) is 5.41 Å². The quantitative estimate of drug-likeness (QED) is 0.0916. The number of nitrogen functional groups attached to an aromatic ring is 1. The predicted molar refractivity (Wildman–Crippen MR) is 216 cm³/mol. The molecule has 0 radical (unpaired) electrons. The number of rotatable bonds is 10. The van der Waals surface area contributed by atoms with Crippen molar-refractivity contribution in [2.45, 2.75) is 69.8 Å². The second kappa shape index (κ2) is 14.3. The van der Waals surface area contributed by atoms with Gasteiger partial charge < -0.3 is 15.2 Å². The molecule has 282 valence electrons. The molecule has 54 heavy (non-hydrogen) atoms. The first-order chi connectivity index (χ1) is 25.2. The lowest BCUT2D eigenvalue weighted by atomic mass is 9.86. The lowest BCUT2D eigenvalue weighted by Gasteiger charge is -2.33. The van der Waals surface area contributed by atoms with Gasteiger partial charge in [-0.1, -0.05) is 96.1 Å². The summed E-state index contributed by atoms with van der Waals surface area (Å²) in [7, 11) is -8.62. The number of hydrogen-bond acceptors (Lipinski definition) is 7. The molecule has 0 atom stereocenters. The van der Waals surface area contributed by atoms with Gasteiger partial charge >= 0.3 is 0 Å². The fraction of sp³-hybridized carbons (Fsp3) is 0.262. The number of nitrogens with two attached hydrogens (primary N) is 1. The van der Waals surface area contributed by atoms with Crippen molar-refractivity contribution in [3.63, 3.8) is 0 Å². The van der Waals surface area contributed by atoms with Gasteiger partial charge in [0.25, 0.3) is 20.2 Å². The minimum Gasteiger partial charge on any atom is -0.397 e. The molecule has 0 spiro atoms. The molecule has 0 saturated heterocycles. The number of aromatic nitrogens is 2. The normalized spacial score (nSPS) is 12.7. The first-order valence-corrected chi connectivity index (χ1v) is 20.4. The smallest absolute Gasteiger partial charge is 0.294 e. The Kier molecular flexibility index (Phi) is 10.3. The van der Waals surface area contributed by atoms with Crippen LogP contribution in [-0.2, 0) is 38.7 Å². The number of fused-ring (bicyclic) bond motifs is 1. The maximum atomic E-state index is 11.7. The molecule has 0 aliphatic heterocycles. The molecule has 0 saturated carbocycles. The zero-order valence-electron chi connectivity index (χ0n) is 31.3. The van der Waals surface area contributed by atoms with E-state index in [1.165, 1.54) is 29.8 Å². The summed E-state index contributed by atoms with van der Waals surface area (Å²) in [4.78, 5) is 6.94. The van der Waals surface area contributed by atoms with Crippen LogP contribution in [0.15, 0.2) is 119 Å². The fourth-order valence-corrected chi connectivity index (χ4v) is 7.53. The Hall–Kier alpha value is -5.01. The largest absolute Gasteiger partial charge is 0.397 e. The van der Waals surface area contributed by atoms with Crippen LogP contribution in [-0.4, -0.2) is 42.0 Å². The second-order valence-electron chi connectivity index (χ2n) is 16.0. The van der Waals surface area contributed by atoms with Gasteiger partial charge in [-0.25, -0.2) is 4.98 Å². The van der Waals surface area contributed by atoms with Gasteiger partial charge in [-0.3, -0.25) is 9.11 Å². The van der Waals surface area contributed by atoms with Gasteiger partial charge in [0, 0.05) is 25.2 Å². The molecule has 0 bridgehead atoms. The molecule has 6 aromatic rings. The van der Waals surface area contributed by atoms with E-state index in [1.807, 2.05) is 42.5 Å². The zero-order valence-corrected chi connectivity index (χ0v) is 32.9. The summed E-state index contributed by atoms with van der Waals surface area (Å²) in [5.41, 5.74) is 15.4. The molecule has 0 aliphatic rings. The molecule has 0 aliphatic carbocycles. The van der Waals surface area contributed by atoms with Crippen LogP contribution in [0.4, 0.5) is 11.4 Å². The molecule has 0 unspecified atom stereocenters. The highest BCUT2D eigenvalue weighted by Gasteiger charge is 2.22. The molecule has 4 N–H and O–H groups in total. The van der Waals surface area contributed by atoms with Gasteiger partial charge in [-0.05, 0) is 93.2 Å². The Morgan fingerprint density at radius 1 is 0.685 bits per heavy atom. The van der Waals surface area contributed by atoms with Crippen molar-refractivity contribution in [2.24, 2.45) is 5.41 Å². The van der Waals surface area contributed by atoms with Crippen molar-refractivity contribution in [3.8, 4) is 22.5 Å².